The Hall–Kier alpha value is -2.61. The van der Waals surface area contributed by atoms with Crippen LogP contribution in [0.3, 0.4) is 0 Å². The fourth-order valence-electron chi connectivity index (χ4n) is 1.93. The second kappa shape index (κ2) is 6.66. The Morgan fingerprint density at radius 2 is 2.04 bits per heavy atom. The lowest BCUT2D eigenvalue weighted by atomic mass is 10.2. The van der Waals surface area contributed by atoms with Crippen molar-refractivity contribution in [2.24, 2.45) is 0 Å². The van der Waals surface area contributed by atoms with E-state index in [0.29, 0.717) is 11.7 Å². The summed E-state index contributed by atoms with van der Waals surface area (Å²) in [6.07, 6.45) is 0.298. The van der Waals surface area contributed by atoms with Crippen molar-refractivity contribution < 1.29 is 18.1 Å². The van der Waals surface area contributed by atoms with E-state index in [4.69, 9.17) is 4.52 Å². The predicted octanol–water partition coefficient (Wildman–Crippen LogP) is 3.65. The highest BCUT2D eigenvalue weighted by Crippen LogP contribution is 2.21. The normalized spacial score (nSPS) is 10.7. The zero-order valence-electron chi connectivity index (χ0n) is 11.8. The van der Waals surface area contributed by atoms with Crippen molar-refractivity contribution in [1.82, 2.24) is 10.1 Å². The number of amides is 1. The summed E-state index contributed by atoms with van der Waals surface area (Å²) in [5.41, 5.74) is 0.0669. The Morgan fingerprint density at radius 3 is 2.74 bits per heavy atom. The van der Waals surface area contributed by atoms with E-state index in [1.54, 1.807) is 0 Å². The number of rotatable bonds is 5. The number of nitrogens with one attached hydrogen (secondary N) is 1. The number of benzene rings is 1. The number of anilines is 1. The van der Waals surface area contributed by atoms with E-state index in [9.17, 15) is 13.6 Å². The molecule has 0 spiro atoms. The van der Waals surface area contributed by atoms with Gasteiger partial charge in [0.25, 0.3) is 0 Å². The average molecular weight is 335 g/mol. The monoisotopic (exact) mass is 335 g/mol. The highest BCUT2D eigenvalue weighted by Gasteiger charge is 2.12. The smallest absolute Gasteiger partial charge is 0.227 e. The van der Waals surface area contributed by atoms with Crippen molar-refractivity contribution in [3.8, 4) is 10.7 Å². The molecule has 0 radical (unpaired) electrons. The Balaban J connectivity index is 1.57. The van der Waals surface area contributed by atoms with Gasteiger partial charge in [-0.05, 0) is 23.6 Å². The number of aromatic nitrogens is 2. The maximum atomic E-state index is 13.0. The van der Waals surface area contributed by atoms with E-state index in [0.717, 1.165) is 23.1 Å². The summed E-state index contributed by atoms with van der Waals surface area (Å²) in [6, 6.07) is 6.57. The van der Waals surface area contributed by atoms with Crippen LogP contribution in [0.1, 0.15) is 12.3 Å². The fourth-order valence-corrected chi connectivity index (χ4v) is 2.58. The van der Waals surface area contributed by atoms with Crippen molar-refractivity contribution >= 4 is 22.9 Å². The number of halogens is 2. The van der Waals surface area contributed by atoms with Crippen LogP contribution in [0, 0.1) is 11.6 Å². The highest BCUT2D eigenvalue weighted by atomic mass is 32.1. The molecule has 0 saturated carbocycles. The first-order valence-corrected chi connectivity index (χ1v) is 7.60. The average Bonchev–Trinajstić information content (AvgIpc) is 3.15. The van der Waals surface area contributed by atoms with Gasteiger partial charge in [-0.25, -0.2) is 8.78 Å². The molecule has 0 saturated heterocycles. The third kappa shape index (κ3) is 3.98. The van der Waals surface area contributed by atoms with E-state index in [2.05, 4.69) is 15.5 Å². The summed E-state index contributed by atoms with van der Waals surface area (Å²) in [7, 11) is 0. The third-order valence-electron chi connectivity index (χ3n) is 2.92. The van der Waals surface area contributed by atoms with Crippen LogP contribution in [-0.2, 0) is 11.2 Å². The van der Waals surface area contributed by atoms with Gasteiger partial charge in [-0.2, -0.15) is 4.98 Å². The Labute approximate surface area is 134 Å². The number of nitrogens with zero attached hydrogens (tertiary/aromatic N) is 2. The van der Waals surface area contributed by atoms with Gasteiger partial charge in [-0.15, -0.1) is 11.3 Å². The molecule has 118 valence electrons. The first-order valence-electron chi connectivity index (χ1n) is 6.72. The SMILES string of the molecule is O=C(CCc1nc(-c2cccs2)no1)Nc1cc(F)cc(F)c1. The molecule has 0 bridgehead atoms. The van der Waals surface area contributed by atoms with Gasteiger partial charge in [0.15, 0.2) is 0 Å². The molecular weight excluding hydrogens is 324 g/mol. The number of hydrogen-bond donors (Lipinski definition) is 1. The topological polar surface area (TPSA) is 68.0 Å². The van der Waals surface area contributed by atoms with Crippen LogP contribution in [0.25, 0.3) is 10.7 Å². The zero-order valence-corrected chi connectivity index (χ0v) is 12.6. The Morgan fingerprint density at radius 1 is 1.26 bits per heavy atom. The van der Waals surface area contributed by atoms with Gasteiger partial charge in [-0.1, -0.05) is 11.2 Å². The van der Waals surface area contributed by atoms with Crippen molar-refractivity contribution in [3.05, 3.63) is 53.2 Å². The summed E-state index contributed by atoms with van der Waals surface area (Å²) >= 11 is 1.48. The van der Waals surface area contributed by atoms with Crippen LogP contribution in [0.15, 0.2) is 40.2 Å². The van der Waals surface area contributed by atoms with Crippen molar-refractivity contribution in [2.75, 3.05) is 5.32 Å². The van der Waals surface area contributed by atoms with Crippen molar-refractivity contribution in [3.63, 3.8) is 0 Å². The second-order valence-corrected chi connectivity index (χ2v) is 5.64. The molecule has 0 aliphatic carbocycles. The molecule has 5 nitrogen and oxygen atoms in total. The molecule has 1 amide bonds. The van der Waals surface area contributed by atoms with Crippen LogP contribution in [0.4, 0.5) is 14.5 Å². The first kappa shape index (κ1) is 15.3. The highest BCUT2D eigenvalue weighted by molar-refractivity contribution is 7.13. The molecule has 1 aromatic carbocycles. The summed E-state index contributed by atoms with van der Waals surface area (Å²) in [6.45, 7) is 0. The van der Waals surface area contributed by atoms with Gasteiger partial charge < -0.3 is 9.84 Å². The molecule has 23 heavy (non-hydrogen) atoms. The lowest BCUT2D eigenvalue weighted by Crippen LogP contribution is -2.12. The van der Waals surface area contributed by atoms with E-state index in [-0.39, 0.29) is 18.5 Å². The van der Waals surface area contributed by atoms with Crippen LogP contribution in [0.2, 0.25) is 0 Å². The lowest BCUT2D eigenvalue weighted by Gasteiger charge is -2.04. The van der Waals surface area contributed by atoms with Crippen molar-refractivity contribution in [1.29, 1.82) is 0 Å². The number of aryl methyl sites for hydroxylation is 1. The lowest BCUT2D eigenvalue weighted by molar-refractivity contribution is -0.116. The minimum absolute atomic E-state index is 0.0597. The van der Waals surface area contributed by atoms with E-state index in [1.807, 2.05) is 17.5 Å². The maximum Gasteiger partial charge on any atom is 0.227 e. The van der Waals surface area contributed by atoms with Crippen LogP contribution >= 0.6 is 11.3 Å². The van der Waals surface area contributed by atoms with Crippen LogP contribution in [0.5, 0.6) is 0 Å². The van der Waals surface area contributed by atoms with Gasteiger partial charge in [0.05, 0.1) is 4.88 Å². The number of carbonyl (C=O) groups is 1. The molecule has 0 fully saturated rings. The van der Waals surface area contributed by atoms with Crippen molar-refractivity contribution in [2.45, 2.75) is 12.8 Å². The Kier molecular flexibility index (Phi) is 4.42. The molecule has 0 aliphatic rings. The fraction of sp³-hybridized carbons (Fsp3) is 0.133. The molecular formula is C15H11F2N3O2S. The van der Waals surface area contributed by atoms with Gasteiger partial charge in [0.2, 0.25) is 17.6 Å². The summed E-state index contributed by atoms with van der Waals surface area (Å²) < 4.78 is 31.2. The van der Waals surface area contributed by atoms with E-state index >= 15 is 0 Å². The van der Waals surface area contributed by atoms with Gasteiger partial charge in [0.1, 0.15) is 11.6 Å². The molecule has 2 heterocycles. The molecule has 0 unspecified atom stereocenters. The summed E-state index contributed by atoms with van der Waals surface area (Å²) in [4.78, 5) is 16.9. The molecule has 3 rings (SSSR count). The minimum Gasteiger partial charge on any atom is -0.339 e. The van der Waals surface area contributed by atoms with Crippen LogP contribution in [-0.4, -0.2) is 16.0 Å². The molecule has 0 atom stereocenters. The molecule has 0 aliphatic heterocycles. The molecule has 3 aromatic rings. The molecule has 2 aromatic heterocycles. The standard InChI is InChI=1S/C15H11F2N3O2S/c16-9-6-10(17)8-11(7-9)18-13(21)3-4-14-19-15(20-22-14)12-2-1-5-23-12/h1-2,5-8H,3-4H2,(H,18,21). The number of carbonyl (C=O) groups excluding carboxylic acids is 1. The quantitative estimate of drug-likeness (QED) is 0.773. The molecule has 8 heteroatoms. The molecule has 1 N–H and O–H groups in total. The van der Waals surface area contributed by atoms with Crippen LogP contribution < -0.4 is 5.32 Å². The zero-order chi connectivity index (χ0) is 16.2. The third-order valence-corrected chi connectivity index (χ3v) is 3.79. The van der Waals surface area contributed by atoms with E-state index in [1.165, 1.54) is 11.3 Å². The van der Waals surface area contributed by atoms with Gasteiger partial charge >= 0.3 is 0 Å². The summed E-state index contributed by atoms with van der Waals surface area (Å²) in [5, 5.41) is 8.16. The number of hydrogen-bond acceptors (Lipinski definition) is 5. The maximum absolute atomic E-state index is 13.0. The Bertz CT molecular complexity index is 798. The first-order chi connectivity index (χ1) is 11.1. The van der Waals surface area contributed by atoms with E-state index < -0.39 is 17.5 Å². The number of thiophene rings is 1. The minimum atomic E-state index is -0.752. The summed E-state index contributed by atoms with van der Waals surface area (Å²) in [5.74, 6) is -1.10. The largest absolute Gasteiger partial charge is 0.339 e. The van der Waals surface area contributed by atoms with Gasteiger partial charge in [-0.3, -0.25) is 4.79 Å². The van der Waals surface area contributed by atoms with Gasteiger partial charge in [0, 0.05) is 24.6 Å². The second-order valence-electron chi connectivity index (χ2n) is 4.70. The predicted molar refractivity (Wildman–Crippen MR) is 80.9 cm³/mol.